The summed E-state index contributed by atoms with van der Waals surface area (Å²) in [6, 6.07) is 26.5. The first kappa shape index (κ1) is 46.9. The molecule has 8 atom stereocenters. The van der Waals surface area contributed by atoms with Crippen molar-refractivity contribution in [2.75, 3.05) is 39.4 Å². The number of unbranched alkanes of at least 4 members (excludes halogenated alkanes) is 4. The summed E-state index contributed by atoms with van der Waals surface area (Å²) in [5.74, 6) is 0. The fraction of sp³-hybridized carbons (Fsp3) is 0.548. The highest BCUT2D eigenvalue weighted by molar-refractivity contribution is 5.67. The molecule has 0 fully saturated rings. The average Bonchev–Trinajstić information content (AvgIpc) is 3.22. The van der Waals surface area contributed by atoms with Gasteiger partial charge in [0.15, 0.2) is 0 Å². The van der Waals surface area contributed by atoms with Crippen molar-refractivity contribution in [1.82, 2.24) is 10.2 Å². The zero-order chi connectivity index (χ0) is 40.9. The molecule has 0 bridgehead atoms. The summed E-state index contributed by atoms with van der Waals surface area (Å²) in [5, 5.41) is 102. The third-order valence-corrected chi connectivity index (χ3v) is 9.85. The maximum atomic E-state index is 11.9. The van der Waals surface area contributed by atoms with Crippen LogP contribution in [0.25, 0.3) is 11.1 Å². The van der Waals surface area contributed by atoms with Crippen molar-refractivity contribution in [1.29, 1.82) is 0 Å². The molecular formula is C42H62N2O12. The molecule has 14 heteroatoms. The lowest BCUT2D eigenvalue weighted by Crippen LogP contribution is -2.53. The van der Waals surface area contributed by atoms with Crippen LogP contribution in [0.15, 0.2) is 78.9 Å². The molecule has 14 nitrogen and oxygen atoms in total. The number of aryl methyl sites for hydroxylation is 2. The van der Waals surface area contributed by atoms with E-state index in [1.807, 2.05) is 30.3 Å². The Hall–Kier alpha value is -3.51. The normalized spacial score (nSPS) is 16.1. The van der Waals surface area contributed by atoms with Gasteiger partial charge in [-0.1, -0.05) is 91.7 Å². The molecule has 0 heterocycles. The first-order chi connectivity index (χ1) is 26.9. The van der Waals surface area contributed by atoms with Crippen LogP contribution in [0.3, 0.4) is 0 Å². The van der Waals surface area contributed by atoms with Gasteiger partial charge in [-0.25, -0.2) is 4.79 Å². The summed E-state index contributed by atoms with van der Waals surface area (Å²) in [7, 11) is 0. The van der Waals surface area contributed by atoms with Crippen LogP contribution in [0.5, 0.6) is 0 Å². The van der Waals surface area contributed by atoms with Gasteiger partial charge in [-0.2, -0.15) is 0 Å². The first-order valence-corrected chi connectivity index (χ1v) is 19.4. The van der Waals surface area contributed by atoms with Gasteiger partial charge in [-0.05, 0) is 72.9 Å². The van der Waals surface area contributed by atoms with Gasteiger partial charge in [0.05, 0.1) is 25.4 Å². The van der Waals surface area contributed by atoms with Gasteiger partial charge < -0.3 is 61.1 Å². The quantitative estimate of drug-likeness (QED) is 0.0482. The Balaban J connectivity index is 1.38. The molecule has 3 aromatic carbocycles. The lowest BCUT2D eigenvalue weighted by Gasteiger charge is -2.33. The number of carbonyl (C=O) groups excluding carboxylic acids is 1. The highest BCUT2D eigenvalue weighted by Crippen LogP contribution is 2.22. The van der Waals surface area contributed by atoms with E-state index in [9.17, 15) is 45.6 Å². The molecule has 0 radical (unpaired) electrons. The molecule has 3 rings (SSSR count). The van der Waals surface area contributed by atoms with E-state index in [4.69, 9.17) is 14.9 Å². The maximum absolute atomic E-state index is 11.9. The van der Waals surface area contributed by atoms with Crippen molar-refractivity contribution in [2.24, 2.45) is 0 Å². The van der Waals surface area contributed by atoms with Gasteiger partial charge in [0.2, 0.25) is 0 Å². The smallest absolute Gasteiger partial charge is 0.407 e. The second-order valence-electron chi connectivity index (χ2n) is 14.4. The lowest BCUT2D eigenvalue weighted by atomic mass is 9.99. The number of hydrogen-bond donors (Lipinski definition) is 11. The molecule has 0 saturated heterocycles. The zero-order valence-corrected chi connectivity index (χ0v) is 32.0. The minimum atomic E-state index is -1.83. The number of amides is 1. The number of nitrogens with zero attached hydrogens (tertiary/aromatic N) is 1. The van der Waals surface area contributed by atoms with Crippen LogP contribution in [-0.4, -0.2) is 150 Å². The number of nitrogens with one attached hydrogen (secondary N) is 1. The average molecular weight is 787 g/mol. The number of alkyl carbamates (subject to hydrolysis) is 1. The number of carbonyl (C=O) groups is 1. The Morgan fingerprint density at radius 3 is 1.46 bits per heavy atom. The summed E-state index contributed by atoms with van der Waals surface area (Å²) >= 11 is 0. The van der Waals surface area contributed by atoms with Crippen LogP contribution < -0.4 is 5.32 Å². The van der Waals surface area contributed by atoms with Crippen molar-refractivity contribution in [2.45, 2.75) is 107 Å². The number of aliphatic hydroxyl groups excluding tert-OH is 10. The van der Waals surface area contributed by atoms with Gasteiger partial charge >= 0.3 is 6.09 Å². The van der Waals surface area contributed by atoms with E-state index in [1.54, 1.807) is 0 Å². The van der Waals surface area contributed by atoms with E-state index >= 15 is 0 Å². The molecule has 3 aromatic rings. The van der Waals surface area contributed by atoms with Crippen LogP contribution in [0.2, 0.25) is 0 Å². The molecule has 312 valence electrons. The van der Waals surface area contributed by atoms with Crippen molar-refractivity contribution in [3.05, 3.63) is 95.6 Å². The summed E-state index contributed by atoms with van der Waals surface area (Å²) < 4.78 is 5.24. The Labute approximate surface area is 329 Å². The standard InChI is InChI=1S/C42H62N2O12/c45-26-36(49)40(53)38(51)34(47)24-44(25-35(48)39(52)41(54)37(50)27-46)23-9-2-1-4-10-29-14-18-32(19-15-29)33-20-16-30(17-21-33)11-7-8-22-43-42(55)56-28-31-12-5-3-6-13-31/h3,5-6,12-21,34-41,45-54H,1-2,4,7-11,22-28H2,(H,43,55)/t34-,35-,36+,37+,38+,39+,40+,41+/m0/s1. The summed E-state index contributed by atoms with van der Waals surface area (Å²) in [4.78, 5) is 13.4. The summed E-state index contributed by atoms with van der Waals surface area (Å²) in [6.07, 6.45) is -7.47. The Kier molecular flexibility index (Phi) is 21.5. The number of ether oxygens (including phenoxy) is 1. The third kappa shape index (κ3) is 16.5. The molecule has 0 aliphatic rings. The molecule has 56 heavy (non-hydrogen) atoms. The summed E-state index contributed by atoms with van der Waals surface area (Å²) in [6.45, 7) is -1.10. The number of aliphatic hydroxyl groups is 10. The number of benzene rings is 3. The fourth-order valence-electron chi connectivity index (χ4n) is 6.29. The first-order valence-electron chi connectivity index (χ1n) is 19.4. The topological polar surface area (TPSA) is 244 Å². The van der Waals surface area contributed by atoms with Gasteiger partial charge in [0.1, 0.15) is 43.2 Å². The van der Waals surface area contributed by atoms with Crippen LogP contribution >= 0.6 is 0 Å². The Morgan fingerprint density at radius 2 is 0.982 bits per heavy atom. The maximum Gasteiger partial charge on any atom is 0.407 e. The van der Waals surface area contributed by atoms with E-state index in [0.29, 0.717) is 19.5 Å². The molecule has 0 saturated carbocycles. The lowest BCUT2D eigenvalue weighted by molar-refractivity contribution is -0.130. The van der Waals surface area contributed by atoms with Gasteiger partial charge in [-0.3, -0.25) is 4.90 Å². The summed E-state index contributed by atoms with van der Waals surface area (Å²) in [5.41, 5.74) is 5.63. The monoisotopic (exact) mass is 786 g/mol. The second kappa shape index (κ2) is 25.7. The van der Waals surface area contributed by atoms with Gasteiger partial charge in [0, 0.05) is 19.6 Å². The highest BCUT2D eigenvalue weighted by atomic mass is 16.5. The molecule has 0 aromatic heterocycles. The van der Waals surface area contributed by atoms with Gasteiger partial charge in [0.25, 0.3) is 0 Å². The van der Waals surface area contributed by atoms with E-state index in [0.717, 1.165) is 61.6 Å². The second-order valence-corrected chi connectivity index (χ2v) is 14.4. The Bertz CT molecular complexity index is 1450. The van der Waals surface area contributed by atoms with E-state index in [-0.39, 0.29) is 19.7 Å². The number of rotatable bonds is 27. The highest BCUT2D eigenvalue weighted by Gasteiger charge is 2.34. The molecule has 11 N–H and O–H groups in total. The van der Waals surface area contributed by atoms with Crippen molar-refractivity contribution in [3.63, 3.8) is 0 Å². The van der Waals surface area contributed by atoms with Gasteiger partial charge in [-0.15, -0.1) is 0 Å². The van der Waals surface area contributed by atoms with Crippen molar-refractivity contribution >= 4 is 6.09 Å². The molecule has 0 spiro atoms. The molecule has 1 amide bonds. The van der Waals surface area contributed by atoms with Crippen LogP contribution in [0, 0.1) is 0 Å². The minimum absolute atomic E-state index is 0.250. The van der Waals surface area contributed by atoms with Crippen LogP contribution in [0.4, 0.5) is 4.79 Å². The predicted octanol–water partition coefficient (Wildman–Crippen LogP) is 0.879. The van der Waals surface area contributed by atoms with Crippen molar-refractivity contribution < 1.29 is 60.6 Å². The SMILES string of the molecule is O=C(NCCCCc1ccc(-c2ccc(CCCCCCN(C[C@H](O)[C@@H](O)[C@H](O)[C@H](O)CO)C[C@H](O)[C@@H](O)[C@H](O)[C@H](O)CO)cc2)cc1)OCc1ccccc1. The number of hydrogen-bond acceptors (Lipinski definition) is 13. The van der Waals surface area contributed by atoms with Crippen molar-refractivity contribution in [3.8, 4) is 11.1 Å². The zero-order valence-electron chi connectivity index (χ0n) is 32.0. The minimum Gasteiger partial charge on any atom is -0.445 e. The van der Waals surface area contributed by atoms with E-state index in [1.165, 1.54) is 16.0 Å². The Morgan fingerprint density at radius 1 is 0.536 bits per heavy atom. The fourth-order valence-corrected chi connectivity index (χ4v) is 6.29. The molecular weight excluding hydrogens is 724 g/mol. The largest absolute Gasteiger partial charge is 0.445 e. The molecule has 0 unspecified atom stereocenters. The third-order valence-electron chi connectivity index (χ3n) is 9.85. The predicted molar refractivity (Wildman–Crippen MR) is 210 cm³/mol. The molecule has 0 aliphatic heterocycles. The van der Waals surface area contributed by atoms with Crippen LogP contribution in [0.1, 0.15) is 55.2 Å². The molecule has 0 aliphatic carbocycles. The van der Waals surface area contributed by atoms with E-state index in [2.05, 4.69) is 53.8 Å². The van der Waals surface area contributed by atoms with Crippen LogP contribution in [-0.2, 0) is 24.2 Å². The van der Waals surface area contributed by atoms with E-state index < -0.39 is 68.1 Å².